The van der Waals surface area contributed by atoms with Crippen molar-refractivity contribution in [2.45, 2.75) is 45.6 Å². The van der Waals surface area contributed by atoms with Gasteiger partial charge in [-0.2, -0.15) is 9.97 Å². The number of aromatic nitrogens is 3. The number of aliphatic hydroxyl groups excluding tert-OH is 1. The molecule has 2 aromatic rings. The number of nitrogens with zero attached hydrogens (tertiary/aromatic N) is 5. The molecule has 2 aromatic heterocycles. The molecule has 2 aliphatic heterocycles. The Morgan fingerprint density at radius 1 is 1.15 bits per heavy atom. The van der Waals surface area contributed by atoms with E-state index >= 15 is 0 Å². The van der Waals surface area contributed by atoms with E-state index in [1.165, 1.54) is 11.3 Å². The molecule has 3 N–H and O–H groups in total. The van der Waals surface area contributed by atoms with Crippen LogP contribution in [0.1, 0.15) is 48.0 Å². The number of hydrogen-bond acceptors (Lipinski definition) is 11. The second-order valence-corrected chi connectivity index (χ2v) is 9.53. The number of hydrogen-bond donors (Lipinski definition) is 3. The van der Waals surface area contributed by atoms with Gasteiger partial charge in [-0.05, 0) is 39.5 Å². The van der Waals surface area contributed by atoms with Crippen molar-refractivity contribution in [2.24, 2.45) is 5.92 Å². The van der Waals surface area contributed by atoms with E-state index < -0.39 is 17.9 Å². The Hall–Kier alpha value is -2.99. The number of rotatable bonds is 7. The standard InChI is InChI=1S/C22H30N6O5S/c1-3-33-20(32)18-13(2)23-22(34-18)26-21-24-16(27-9-6-15(29)7-10-27)11-17(25-21)28-8-4-5-14(12-28)19(30)31/h11,14-15,29H,3-10,12H2,1-2H3,(H,30,31)(H,23,24,25,26). The summed E-state index contributed by atoms with van der Waals surface area (Å²) in [5, 5.41) is 23.0. The summed E-state index contributed by atoms with van der Waals surface area (Å²) in [6, 6.07) is 1.88. The van der Waals surface area contributed by atoms with Gasteiger partial charge in [0, 0.05) is 32.2 Å². The van der Waals surface area contributed by atoms with Crippen molar-refractivity contribution in [3.8, 4) is 0 Å². The predicted octanol–water partition coefficient (Wildman–Crippen LogP) is 2.42. The van der Waals surface area contributed by atoms with Crippen LogP contribution >= 0.6 is 11.3 Å². The fraction of sp³-hybridized carbons (Fsp3) is 0.591. The van der Waals surface area contributed by atoms with Gasteiger partial charge in [0.05, 0.1) is 24.3 Å². The average molecular weight is 491 g/mol. The number of esters is 1. The monoisotopic (exact) mass is 490 g/mol. The van der Waals surface area contributed by atoms with Crippen LogP contribution in [-0.4, -0.2) is 76.0 Å². The normalized spacial score (nSPS) is 19.2. The van der Waals surface area contributed by atoms with E-state index in [-0.39, 0.29) is 12.7 Å². The summed E-state index contributed by atoms with van der Waals surface area (Å²) in [6.07, 6.45) is 2.41. The van der Waals surface area contributed by atoms with Crippen molar-refractivity contribution in [3.63, 3.8) is 0 Å². The lowest BCUT2D eigenvalue weighted by Gasteiger charge is -2.34. The van der Waals surface area contributed by atoms with Gasteiger partial charge >= 0.3 is 11.9 Å². The minimum Gasteiger partial charge on any atom is -0.481 e. The molecule has 11 nitrogen and oxygen atoms in total. The molecule has 1 unspecified atom stereocenters. The maximum Gasteiger partial charge on any atom is 0.350 e. The summed E-state index contributed by atoms with van der Waals surface area (Å²) in [6.45, 7) is 6.20. The van der Waals surface area contributed by atoms with Gasteiger partial charge in [0.25, 0.3) is 0 Å². The first-order chi connectivity index (χ1) is 16.3. The third-order valence-corrected chi connectivity index (χ3v) is 7.11. The van der Waals surface area contributed by atoms with E-state index in [9.17, 15) is 19.8 Å². The summed E-state index contributed by atoms with van der Waals surface area (Å²) in [5.74, 6) is 0.00908. The lowest BCUT2D eigenvalue weighted by Crippen LogP contribution is -2.40. The van der Waals surface area contributed by atoms with Crippen LogP contribution in [0.25, 0.3) is 0 Å². The summed E-state index contributed by atoms with van der Waals surface area (Å²) >= 11 is 1.18. The highest BCUT2D eigenvalue weighted by atomic mass is 32.1. The van der Waals surface area contributed by atoms with Crippen molar-refractivity contribution in [3.05, 3.63) is 16.6 Å². The van der Waals surface area contributed by atoms with E-state index in [4.69, 9.17) is 4.74 Å². The first-order valence-electron chi connectivity index (χ1n) is 11.6. The molecule has 184 valence electrons. The zero-order chi connectivity index (χ0) is 24.2. The molecule has 4 rings (SSSR count). The van der Waals surface area contributed by atoms with Gasteiger partial charge in [-0.25, -0.2) is 9.78 Å². The van der Waals surface area contributed by atoms with Crippen LogP contribution in [0.15, 0.2) is 6.07 Å². The third-order valence-electron chi connectivity index (χ3n) is 6.06. The van der Waals surface area contributed by atoms with Gasteiger partial charge in [-0.3, -0.25) is 10.1 Å². The number of nitrogens with one attached hydrogen (secondary N) is 1. The molecule has 0 bridgehead atoms. The van der Waals surface area contributed by atoms with E-state index in [0.29, 0.717) is 78.7 Å². The molecule has 0 spiro atoms. The number of piperidine rings is 2. The van der Waals surface area contributed by atoms with Gasteiger partial charge in [0.1, 0.15) is 16.5 Å². The second-order valence-electron chi connectivity index (χ2n) is 8.53. The molecule has 2 fully saturated rings. The Morgan fingerprint density at radius 2 is 1.85 bits per heavy atom. The number of carboxylic acids is 1. The highest BCUT2D eigenvalue weighted by Crippen LogP contribution is 2.30. The van der Waals surface area contributed by atoms with Crippen LogP contribution in [0.2, 0.25) is 0 Å². The Labute approximate surface area is 201 Å². The lowest BCUT2D eigenvalue weighted by molar-refractivity contribution is -0.141. The van der Waals surface area contributed by atoms with Gasteiger partial charge in [0.15, 0.2) is 5.13 Å². The Balaban J connectivity index is 1.63. The highest BCUT2D eigenvalue weighted by molar-refractivity contribution is 7.17. The quantitative estimate of drug-likeness (QED) is 0.493. The summed E-state index contributed by atoms with van der Waals surface area (Å²) < 4.78 is 5.10. The number of anilines is 4. The fourth-order valence-electron chi connectivity index (χ4n) is 4.22. The molecule has 0 aliphatic carbocycles. The molecule has 1 atom stereocenters. The van der Waals surface area contributed by atoms with E-state index in [2.05, 4.69) is 25.2 Å². The maximum atomic E-state index is 12.2. The number of thiazole rings is 1. The molecule has 34 heavy (non-hydrogen) atoms. The van der Waals surface area contributed by atoms with Crippen molar-refractivity contribution >= 4 is 46.0 Å². The minimum atomic E-state index is -0.799. The van der Waals surface area contributed by atoms with Crippen LogP contribution < -0.4 is 15.1 Å². The molecule has 4 heterocycles. The van der Waals surface area contributed by atoms with E-state index in [1.807, 2.05) is 11.0 Å². The molecular formula is C22H30N6O5S. The first kappa shape index (κ1) is 24.1. The van der Waals surface area contributed by atoms with Gasteiger partial charge in [0.2, 0.25) is 5.95 Å². The van der Waals surface area contributed by atoms with Gasteiger partial charge < -0.3 is 24.7 Å². The molecule has 2 saturated heterocycles. The predicted molar refractivity (Wildman–Crippen MR) is 128 cm³/mol. The number of aryl methyl sites for hydroxylation is 1. The van der Waals surface area contributed by atoms with Crippen LogP contribution in [0.5, 0.6) is 0 Å². The van der Waals surface area contributed by atoms with Gasteiger partial charge in [-0.15, -0.1) is 0 Å². The van der Waals surface area contributed by atoms with Crippen LogP contribution in [0.3, 0.4) is 0 Å². The SMILES string of the molecule is CCOC(=O)c1sc(Nc2nc(N3CCC(O)CC3)cc(N3CCCC(C(=O)O)C3)n2)nc1C. The second kappa shape index (κ2) is 10.5. The van der Waals surface area contributed by atoms with Crippen LogP contribution in [-0.2, 0) is 9.53 Å². The third kappa shape index (κ3) is 5.55. The summed E-state index contributed by atoms with van der Waals surface area (Å²) in [7, 11) is 0. The van der Waals surface area contributed by atoms with Crippen molar-refractivity contribution in [1.29, 1.82) is 0 Å². The van der Waals surface area contributed by atoms with Crippen LogP contribution in [0, 0.1) is 12.8 Å². The fourth-order valence-corrected chi connectivity index (χ4v) is 5.07. The number of carbonyl (C=O) groups is 2. The Bertz CT molecular complexity index is 1040. The van der Waals surface area contributed by atoms with E-state index in [0.717, 1.165) is 6.42 Å². The Kier molecular flexibility index (Phi) is 7.47. The highest BCUT2D eigenvalue weighted by Gasteiger charge is 2.28. The molecular weight excluding hydrogens is 460 g/mol. The van der Waals surface area contributed by atoms with Crippen molar-refractivity contribution in [1.82, 2.24) is 15.0 Å². The smallest absolute Gasteiger partial charge is 0.350 e. The van der Waals surface area contributed by atoms with Crippen molar-refractivity contribution in [2.75, 3.05) is 47.9 Å². The Morgan fingerprint density at radius 3 is 2.53 bits per heavy atom. The summed E-state index contributed by atoms with van der Waals surface area (Å²) in [5.41, 5.74) is 0.563. The number of carbonyl (C=O) groups excluding carboxylic acids is 1. The largest absolute Gasteiger partial charge is 0.481 e. The lowest BCUT2D eigenvalue weighted by atomic mass is 9.98. The number of ether oxygens (including phenoxy) is 1. The first-order valence-corrected chi connectivity index (χ1v) is 12.4. The topological polar surface area (TPSA) is 141 Å². The van der Waals surface area contributed by atoms with Crippen LogP contribution in [0.4, 0.5) is 22.7 Å². The molecule has 0 aromatic carbocycles. The van der Waals surface area contributed by atoms with Gasteiger partial charge in [-0.1, -0.05) is 11.3 Å². The average Bonchev–Trinajstić information content (AvgIpc) is 3.19. The van der Waals surface area contributed by atoms with E-state index in [1.54, 1.807) is 13.8 Å². The number of aliphatic carboxylic acids is 1. The minimum absolute atomic E-state index is 0.283. The number of aliphatic hydroxyl groups is 1. The molecule has 0 saturated carbocycles. The molecule has 12 heteroatoms. The molecule has 2 aliphatic rings. The number of carboxylic acid groups (broad SMARTS) is 1. The van der Waals surface area contributed by atoms with Crippen molar-refractivity contribution < 1.29 is 24.5 Å². The maximum absolute atomic E-state index is 12.2. The summed E-state index contributed by atoms with van der Waals surface area (Å²) in [4.78, 5) is 42.0. The molecule has 0 radical (unpaired) electrons. The zero-order valence-electron chi connectivity index (χ0n) is 19.4. The molecule has 0 amide bonds. The zero-order valence-corrected chi connectivity index (χ0v) is 20.2.